The maximum atomic E-state index is 13.4. The minimum atomic E-state index is -3.61. The number of methoxy groups -OCH3 is 1. The van der Waals surface area contributed by atoms with Crippen LogP contribution in [0.25, 0.3) is 16.2 Å². The van der Waals surface area contributed by atoms with E-state index in [9.17, 15) is 18.6 Å². The third-order valence-corrected chi connectivity index (χ3v) is 9.07. The first-order valence-electron chi connectivity index (χ1n) is 10.7. The lowest BCUT2D eigenvalue weighted by Gasteiger charge is -2.25. The topological polar surface area (TPSA) is 114 Å². The maximum absolute atomic E-state index is 13.4. The van der Waals surface area contributed by atoms with Gasteiger partial charge in [-0.25, -0.2) is 17.9 Å². The zero-order valence-corrected chi connectivity index (χ0v) is 20.3. The molecule has 1 fully saturated rings. The zero-order chi connectivity index (χ0) is 23.3. The molecule has 1 aliphatic carbocycles. The van der Waals surface area contributed by atoms with Crippen LogP contribution < -0.4 is 4.74 Å². The van der Waals surface area contributed by atoms with Gasteiger partial charge >= 0.3 is 0 Å². The van der Waals surface area contributed by atoms with Crippen molar-refractivity contribution in [3.8, 4) is 17.0 Å². The van der Waals surface area contributed by atoms with Crippen LogP contribution in [0.15, 0.2) is 23.1 Å². The predicted molar refractivity (Wildman–Crippen MR) is 123 cm³/mol. The molecule has 0 radical (unpaired) electrons. The third-order valence-electron chi connectivity index (χ3n) is 5.94. The standard InChI is InChI=1S/C22H29N3O5S2/c1-13-19(25-21(23-13)31-20(24-25)22(2,3)27)15-7-10-17(30-4)18(11-15)32(28,29)12-14-5-8-16(26)9-6-14/h7,10-11,14,16,26-27H,5-6,8-9,12H2,1-4H3/t14-,16+. The van der Waals surface area contributed by atoms with Crippen LogP contribution in [0, 0.1) is 12.8 Å². The van der Waals surface area contributed by atoms with E-state index < -0.39 is 15.4 Å². The molecule has 0 spiro atoms. The number of sulfone groups is 1. The number of aromatic nitrogens is 3. The molecule has 32 heavy (non-hydrogen) atoms. The molecule has 8 nitrogen and oxygen atoms in total. The minimum absolute atomic E-state index is 0.0213. The van der Waals surface area contributed by atoms with E-state index in [0.717, 1.165) is 5.69 Å². The number of benzene rings is 1. The Labute approximate surface area is 191 Å². The second-order valence-corrected chi connectivity index (χ2v) is 12.0. The number of aryl methyl sites for hydroxylation is 1. The number of ether oxygens (including phenoxy) is 1. The summed E-state index contributed by atoms with van der Waals surface area (Å²) < 4.78 is 33.8. The molecule has 2 aromatic heterocycles. The van der Waals surface area contributed by atoms with Gasteiger partial charge in [-0.1, -0.05) is 11.3 Å². The quantitative estimate of drug-likeness (QED) is 0.557. The molecular weight excluding hydrogens is 450 g/mol. The summed E-state index contributed by atoms with van der Waals surface area (Å²) in [7, 11) is -2.15. The Balaban J connectivity index is 1.75. The van der Waals surface area contributed by atoms with E-state index in [0.29, 0.717) is 52.7 Å². The van der Waals surface area contributed by atoms with Gasteiger partial charge < -0.3 is 14.9 Å². The SMILES string of the molecule is COc1ccc(-c2c(C)nc3sc(C(C)(C)O)nn23)cc1S(=O)(=O)C[C@H]1CC[C@@H](O)CC1. The highest BCUT2D eigenvalue weighted by molar-refractivity contribution is 7.91. The molecule has 1 aliphatic rings. The van der Waals surface area contributed by atoms with Gasteiger partial charge in [0, 0.05) is 5.56 Å². The average Bonchev–Trinajstić information content (AvgIpc) is 3.26. The Hall–Kier alpha value is -2.01. The Bertz CT molecular complexity index is 1230. The molecule has 0 saturated heterocycles. The Morgan fingerprint density at radius 3 is 2.56 bits per heavy atom. The fraction of sp³-hybridized carbons (Fsp3) is 0.545. The van der Waals surface area contributed by atoms with Gasteiger partial charge in [-0.3, -0.25) is 0 Å². The predicted octanol–water partition coefficient (Wildman–Crippen LogP) is 3.33. The largest absolute Gasteiger partial charge is 0.495 e. The Kier molecular flexibility index (Phi) is 6.08. The van der Waals surface area contributed by atoms with E-state index in [-0.39, 0.29) is 22.7 Å². The highest BCUT2D eigenvalue weighted by Gasteiger charge is 2.29. The summed E-state index contributed by atoms with van der Waals surface area (Å²) in [6.45, 7) is 5.19. The van der Waals surface area contributed by atoms with E-state index in [4.69, 9.17) is 4.74 Å². The van der Waals surface area contributed by atoms with Gasteiger partial charge in [-0.2, -0.15) is 5.10 Å². The van der Waals surface area contributed by atoms with Crippen LogP contribution in [-0.4, -0.2) is 52.2 Å². The normalized spacial score (nSPS) is 20.1. The van der Waals surface area contributed by atoms with Crippen LogP contribution in [0.3, 0.4) is 0 Å². The summed E-state index contributed by atoms with van der Waals surface area (Å²) in [5.74, 6) is 0.353. The van der Waals surface area contributed by atoms with Crippen molar-refractivity contribution in [2.75, 3.05) is 12.9 Å². The van der Waals surface area contributed by atoms with Crippen molar-refractivity contribution < 1.29 is 23.4 Å². The zero-order valence-electron chi connectivity index (χ0n) is 18.7. The molecule has 4 rings (SSSR count). The molecule has 0 unspecified atom stereocenters. The summed E-state index contributed by atoms with van der Waals surface area (Å²) in [4.78, 5) is 5.35. The van der Waals surface area contributed by atoms with E-state index >= 15 is 0 Å². The molecule has 0 atom stereocenters. The number of fused-ring (bicyclic) bond motifs is 1. The van der Waals surface area contributed by atoms with Crippen LogP contribution in [0.5, 0.6) is 5.75 Å². The van der Waals surface area contributed by atoms with Crippen LogP contribution in [0.4, 0.5) is 0 Å². The lowest BCUT2D eigenvalue weighted by Crippen LogP contribution is -2.24. The van der Waals surface area contributed by atoms with Crippen LogP contribution in [0.1, 0.15) is 50.2 Å². The monoisotopic (exact) mass is 479 g/mol. The van der Waals surface area contributed by atoms with Crippen LogP contribution >= 0.6 is 11.3 Å². The van der Waals surface area contributed by atoms with Crippen molar-refractivity contribution in [2.24, 2.45) is 5.92 Å². The van der Waals surface area contributed by atoms with Crippen molar-refractivity contribution in [1.82, 2.24) is 14.6 Å². The van der Waals surface area contributed by atoms with Gasteiger partial charge in [-0.05, 0) is 70.6 Å². The van der Waals surface area contributed by atoms with Crippen molar-refractivity contribution in [3.05, 3.63) is 28.9 Å². The van der Waals surface area contributed by atoms with Gasteiger partial charge in [0.05, 0.1) is 30.4 Å². The molecule has 1 saturated carbocycles. The molecule has 0 aliphatic heterocycles. The average molecular weight is 480 g/mol. The highest BCUT2D eigenvalue weighted by atomic mass is 32.2. The highest BCUT2D eigenvalue weighted by Crippen LogP contribution is 2.36. The smallest absolute Gasteiger partial charge is 0.213 e. The number of hydrogen-bond donors (Lipinski definition) is 2. The molecule has 0 amide bonds. The van der Waals surface area contributed by atoms with E-state index in [1.165, 1.54) is 18.4 Å². The van der Waals surface area contributed by atoms with Crippen molar-refractivity contribution in [2.45, 2.75) is 63.1 Å². The van der Waals surface area contributed by atoms with Gasteiger partial charge in [0.1, 0.15) is 21.3 Å². The van der Waals surface area contributed by atoms with Crippen molar-refractivity contribution >= 4 is 26.1 Å². The molecule has 0 bridgehead atoms. The number of nitrogens with zero attached hydrogens (tertiary/aromatic N) is 3. The van der Waals surface area contributed by atoms with Gasteiger partial charge in [0.25, 0.3) is 0 Å². The summed E-state index contributed by atoms with van der Waals surface area (Å²) in [5, 5.41) is 25.1. The second kappa shape index (κ2) is 8.40. The van der Waals surface area contributed by atoms with E-state index in [1.54, 1.807) is 36.6 Å². The van der Waals surface area contributed by atoms with Crippen LogP contribution in [0.2, 0.25) is 0 Å². The number of imidazole rings is 1. The van der Waals surface area contributed by atoms with Gasteiger partial charge in [-0.15, -0.1) is 0 Å². The molecule has 3 aromatic rings. The maximum Gasteiger partial charge on any atom is 0.213 e. The number of aliphatic hydroxyl groups excluding tert-OH is 1. The molecule has 2 N–H and O–H groups in total. The summed E-state index contributed by atoms with van der Waals surface area (Å²) in [5.41, 5.74) is 0.979. The van der Waals surface area contributed by atoms with Gasteiger partial charge in [0.15, 0.2) is 9.84 Å². The van der Waals surface area contributed by atoms with Crippen molar-refractivity contribution in [3.63, 3.8) is 0 Å². The summed E-state index contributed by atoms with van der Waals surface area (Å²) >= 11 is 1.30. The second-order valence-electron chi connectivity index (χ2n) is 9.03. The minimum Gasteiger partial charge on any atom is -0.495 e. The van der Waals surface area contributed by atoms with E-state index in [1.807, 2.05) is 6.92 Å². The number of hydrogen-bond acceptors (Lipinski definition) is 8. The Morgan fingerprint density at radius 2 is 1.94 bits per heavy atom. The third kappa shape index (κ3) is 4.41. The molecule has 1 aromatic carbocycles. The number of aliphatic hydroxyl groups is 2. The number of rotatable bonds is 6. The lowest BCUT2D eigenvalue weighted by atomic mass is 9.89. The first-order valence-corrected chi connectivity index (χ1v) is 13.1. The molecule has 2 heterocycles. The molecule has 174 valence electrons. The fourth-order valence-electron chi connectivity index (χ4n) is 4.21. The summed E-state index contributed by atoms with van der Waals surface area (Å²) in [6, 6.07) is 5.09. The van der Waals surface area contributed by atoms with Crippen LogP contribution in [-0.2, 0) is 15.4 Å². The Morgan fingerprint density at radius 1 is 1.25 bits per heavy atom. The molecule has 10 heteroatoms. The lowest BCUT2D eigenvalue weighted by molar-refractivity contribution is 0.0773. The first kappa shape index (κ1) is 23.2. The molecular formula is C22H29N3O5S2. The summed E-state index contributed by atoms with van der Waals surface area (Å²) in [6.07, 6.45) is 2.34. The van der Waals surface area contributed by atoms with Crippen molar-refractivity contribution in [1.29, 1.82) is 0 Å². The van der Waals surface area contributed by atoms with Gasteiger partial charge in [0.2, 0.25) is 4.96 Å². The fourth-order valence-corrected chi connectivity index (χ4v) is 7.05. The first-order chi connectivity index (χ1) is 15.0. The van der Waals surface area contributed by atoms with E-state index in [2.05, 4.69) is 10.1 Å².